The average Bonchev–Trinajstić information content (AvgIpc) is 3.06. The predicted molar refractivity (Wildman–Crippen MR) is 109 cm³/mol. The molecule has 0 aromatic heterocycles. The van der Waals surface area contributed by atoms with E-state index >= 15 is 0 Å². The van der Waals surface area contributed by atoms with Crippen molar-refractivity contribution < 1.29 is 9.53 Å². The van der Waals surface area contributed by atoms with Crippen molar-refractivity contribution in [2.24, 2.45) is 5.92 Å². The number of fused-ring (bicyclic) bond motifs is 2. The van der Waals surface area contributed by atoms with Crippen LogP contribution in [0.25, 0.3) is 6.08 Å². The molecule has 1 atom stereocenters. The van der Waals surface area contributed by atoms with Crippen molar-refractivity contribution in [2.45, 2.75) is 44.6 Å². The van der Waals surface area contributed by atoms with Crippen molar-refractivity contribution in [1.29, 1.82) is 0 Å². The first kappa shape index (κ1) is 17.7. The van der Waals surface area contributed by atoms with E-state index in [1.807, 2.05) is 0 Å². The topological polar surface area (TPSA) is 26.3 Å². The molecule has 3 aliphatic carbocycles. The summed E-state index contributed by atoms with van der Waals surface area (Å²) in [4.78, 5) is 12.2. The van der Waals surface area contributed by atoms with Crippen molar-refractivity contribution >= 4 is 23.8 Å². The van der Waals surface area contributed by atoms with Gasteiger partial charge < -0.3 is 4.74 Å². The maximum atomic E-state index is 12.2. The average molecular weight is 367 g/mol. The lowest BCUT2D eigenvalue weighted by molar-refractivity contribution is -0.154. The van der Waals surface area contributed by atoms with Gasteiger partial charge >= 0.3 is 5.97 Å². The maximum Gasteiger partial charge on any atom is 0.316 e. The Morgan fingerprint density at radius 1 is 1.27 bits per heavy atom. The Kier molecular flexibility index (Phi) is 5.08. The smallest absolute Gasteiger partial charge is 0.316 e. The second kappa shape index (κ2) is 7.48. The van der Waals surface area contributed by atoms with E-state index in [0.717, 1.165) is 25.0 Å². The number of thioether (sulfide) groups is 1. The largest absolute Gasteiger partial charge is 0.459 e. The highest BCUT2D eigenvalue weighted by molar-refractivity contribution is 8.00. The van der Waals surface area contributed by atoms with Crippen LogP contribution in [0.3, 0.4) is 0 Å². The van der Waals surface area contributed by atoms with E-state index in [2.05, 4.69) is 55.5 Å². The van der Waals surface area contributed by atoms with Crippen LogP contribution in [0.1, 0.15) is 43.7 Å². The summed E-state index contributed by atoms with van der Waals surface area (Å²) in [5.74, 6) is 1.72. The summed E-state index contributed by atoms with van der Waals surface area (Å²) in [6.07, 6.45) is 14.3. The maximum absolute atomic E-state index is 12.2. The Labute approximate surface area is 160 Å². The van der Waals surface area contributed by atoms with E-state index in [-0.39, 0.29) is 11.6 Å². The highest BCUT2D eigenvalue weighted by Crippen LogP contribution is 2.37. The van der Waals surface area contributed by atoms with Crippen molar-refractivity contribution in [1.82, 2.24) is 0 Å². The van der Waals surface area contributed by atoms with Crippen LogP contribution < -0.4 is 0 Å². The lowest BCUT2D eigenvalue weighted by atomic mass is 9.77. The van der Waals surface area contributed by atoms with Gasteiger partial charge in [-0.1, -0.05) is 54.1 Å². The van der Waals surface area contributed by atoms with Crippen LogP contribution in [0.5, 0.6) is 0 Å². The normalized spacial score (nSPS) is 22.9. The summed E-state index contributed by atoms with van der Waals surface area (Å²) < 4.78 is 5.74. The lowest BCUT2D eigenvalue weighted by Crippen LogP contribution is -2.29. The zero-order valence-corrected chi connectivity index (χ0v) is 16.2. The molecule has 26 heavy (non-hydrogen) atoms. The third-order valence-corrected chi connectivity index (χ3v) is 6.74. The Balaban J connectivity index is 1.34. The monoisotopic (exact) mass is 366 g/mol. The Morgan fingerprint density at radius 3 is 2.92 bits per heavy atom. The third-order valence-electron chi connectivity index (χ3n) is 5.76. The molecule has 1 fully saturated rings. The van der Waals surface area contributed by atoms with Gasteiger partial charge in [-0.25, -0.2) is 0 Å². The quantitative estimate of drug-likeness (QED) is 0.657. The number of hydrogen-bond acceptors (Lipinski definition) is 3. The molecule has 1 saturated carbocycles. The van der Waals surface area contributed by atoms with Gasteiger partial charge in [0.15, 0.2) is 0 Å². The van der Waals surface area contributed by atoms with Gasteiger partial charge in [-0.05, 0) is 55.7 Å². The van der Waals surface area contributed by atoms with Crippen LogP contribution in [-0.4, -0.2) is 23.1 Å². The molecule has 0 heterocycles. The number of carbonyl (C=O) groups excluding carboxylic acids is 1. The van der Waals surface area contributed by atoms with Crippen molar-refractivity contribution in [2.75, 3.05) is 11.5 Å². The summed E-state index contributed by atoms with van der Waals surface area (Å²) >= 11 is 1.68. The molecular formula is C23H26O2S. The fourth-order valence-electron chi connectivity index (χ4n) is 4.32. The minimum Gasteiger partial charge on any atom is -0.459 e. The number of hydrogen-bond donors (Lipinski definition) is 0. The fourth-order valence-corrected chi connectivity index (χ4v) is 5.18. The second-order valence-corrected chi connectivity index (χ2v) is 8.81. The van der Waals surface area contributed by atoms with Gasteiger partial charge in [-0.3, -0.25) is 4.79 Å². The fraction of sp³-hybridized carbons (Fsp3) is 0.435. The Bertz CT molecular complexity index is 781. The molecular weight excluding hydrogens is 340 g/mol. The zero-order chi connectivity index (χ0) is 18.0. The third kappa shape index (κ3) is 3.83. The van der Waals surface area contributed by atoms with E-state index < -0.39 is 0 Å². The van der Waals surface area contributed by atoms with Gasteiger partial charge in [-0.2, -0.15) is 0 Å². The molecule has 0 spiro atoms. The number of ether oxygens (including phenoxy) is 1. The standard InChI is InChI=1S/C23H26O2S/c1-23(11-4-5-12-23)25-22(24)16-26-15-20-10-6-9-19-13-17-7-2-3-8-18(17)14-21(19)20/h2-3,6-10,13,21H,4-5,11-12,14-16H2,1H3. The van der Waals surface area contributed by atoms with Crippen molar-refractivity contribution in [3.05, 3.63) is 64.8 Å². The van der Waals surface area contributed by atoms with Gasteiger partial charge in [0.25, 0.3) is 0 Å². The van der Waals surface area contributed by atoms with E-state index in [1.165, 1.54) is 35.1 Å². The molecule has 2 nitrogen and oxygen atoms in total. The van der Waals surface area contributed by atoms with E-state index in [1.54, 1.807) is 11.8 Å². The predicted octanol–water partition coefficient (Wildman–Crippen LogP) is 5.35. The lowest BCUT2D eigenvalue weighted by Gasteiger charge is -2.29. The minimum atomic E-state index is -0.215. The van der Waals surface area contributed by atoms with Gasteiger partial charge in [0, 0.05) is 11.7 Å². The van der Waals surface area contributed by atoms with Crippen molar-refractivity contribution in [3.63, 3.8) is 0 Å². The molecule has 1 unspecified atom stereocenters. The van der Waals surface area contributed by atoms with Crippen LogP contribution in [0, 0.1) is 5.92 Å². The van der Waals surface area contributed by atoms with Gasteiger partial charge in [0.05, 0.1) is 5.75 Å². The van der Waals surface area contributed by atoms with Crippen LogP contribution in [0.15, 0.2) is 53.6 Å². The van der Waals surface area contributed by atoms with Crippen LogP contribution in [0.2, 0.25) is 0 Å². The second-order valence-electron chi connectivity index (χ2n) is 7.82. The molecule has 0 radical (unpaired) electrons. The summed E-state index contributed by atoms with van der Waals surface area (Å²) in [5.41, 5.74) is 5.35. The number of esters is 1. The van der Waals surface area contributed by atoms with Gasteiger partial charge in [-0.15, -0.1) is 11.8 Å². The molecule has 0 N–H and O–H groups in total. The molecule has 136 valence electrons. The summed E-state index contributed by atoms with van der Waals surface area (Å²) in [7, 11) is 0. The summed E-state index contributed by atoms with van der Waals surface area (Å²) in [6, 6.07) is 8.64. The number of allylic oxidation sites excluding steroid dienone is 4. The number of carbonyl (C=O) groups is 1. The first-order valence-corrected chi connectivity index (χ1v) is 10.7. The molecule has 0 bridgehead atoms. The SMILES string of the molecule is CC1(OC(=O)CSCC2=CC=CC3=Cc4ccccc4CC32)CCCC1. The first-order valence-electron chi connectivity index (χ1n) is 9.59. The van der Waals surface area contributed by atoms with Crippen LogP contribution in [0.4, 0.5) is 0 Å². The summed E-state index contributed by atoms with van der Waals surface area (Å²) in [5, 5.41) is 0. The van der Waals surface area contributed by atoms with E-state index in [4.69, 9.17) is 4.74 Å². The van der Waals surface area contributed by atoms with Crippen LogP contribution in [-0.2, 0) is 16.0 Å². The van der Waals surface area contributed by atoms with Crippen molar-refractivity contribution in [3.8, 4) is 0 Å². The highest BCUT2D eigenvalue weighted by Gasteiger charge is 2.32. The minimum absolute atomic E-state index is 0.0592. The molecule has 3 aliphatic rings. The summed E-state index contributed by atoms with van der Waals surface area (Å²) in [6.45, 7) is 2.08. The zero-order valence-electron chi connectivity index (χ0n) is 15.4. The molecule has 1 aromatic carbocycles. The van der Waals surface area contributed by atoms with Crippen LogP contribution >= 0.6 is 11.8 Å². The Hall–Kier alpha value is -1.74. The van der Waals surface area contributed by atoms with E-state index in [9.17, 15) is 4.79 Å². The van der Waals surface area contributed by atoms with Gasteiger partial charge in [0.1, 0.15) is 5.60 Å². The first-order chi connectivity index (χ1) is 12.6. The molecule has 1 aromatic rings. The molecule has 4 rings (SSSR count). The molecule has 0 saturated heterocycles. The van der Waals surface area contributed by atoms with E-state index in [0.29, 0.717) is 11.7 Å². The molecule has 0 aliphatic heterocycles. The van der Waals surface area contributed by atoms with Gasteiger partial charge in [0.2, 0.25) is 0 Å². The highest BCUT2D eigenvalue weighted by atomic mass is 32.2. The Morgan fingerprint density at radius 2 is 2.08 bits per heavy atom. The number of benzene rings is 1. The molecule has 0 amide bonds. The number of rotatable bonds is 5. The molecule has 3 heteroatoms.